The number of carbonyl (C=O) groups is 6. The van der Waals surface area contributed by atoms with Crippen LogP contribution in [0.3, 0.4) is 0 Å². The summed E-state index contributed by atoms with van der Waals surface area (Å²) < 4.78 is 38.0. The van der Waals surface area contributed by atoms with Crippen LogP contribution < -0.4 is 31.6 Å². The zero-order valence-corrected chi connectivity index (χ0v) is 39.0. The Hall–Kier alpha value is -8.40. The molecule has 1 heterocycles. The van der Waals surface area contributed by atoms with Crippen LogP contribution in [0.2, 0.25) is 0 Å². The van der Waals surface area contributed by atoms with Gasteiger partial charge in [0.05, 0.1) is 16.1 Å². The van der Waals surface area contributed by atoms with Crippen LogP contribution in [0.5, 0.6) is 11.5 Å². The third-order valence-electron chi connectivity index (χ3n) is 8.03. The number of phenols is 1. The average Bonchev–Trinajstić information content (AvgIpc) is 3.71. The van der Waals surface area contributed by atoms with Gasteiger partial charge >= 0.3 is 23.9 Å². The number of aliphatic carboxylic acids is 2. The molecule has 0 unspecified atom stereocenters. The zero-order valence-electron chi connectivity index (χ0n) is 35.2. The van der Waals surface area contributed by atoms with Crippen molar-refractivity contribution in [3.8, 4) is 17.2 Å². The zero-order chi connectivity index (χ0) is 51.1. The molecule has 0 aliphatic rings. The maximum absolute atomic E-state index is 11.7. The highest BCUT2D eigenvalue weighted by atomic mass is 127. The first-order valence-corrected chi connectivity index (χ1v) is 22.2. The van der Waals surface area contributed by atoms with Crippen molar-refractivity contribution in [1.29, 1.82) is 0 Å². The SMILES string of the molecule is O=C(COc1ccccc1O)Nc1ccc(C(=O)O)cc1.O=C(O)/C=C\I.O=C(O)CNC(=O)c1ccc(NC(=S)Nc2ccccc2)cc1.O=C(O)c1cc(=O)n(-c2ccc(S(=O)(=O)O)cc2)[nH]1. The number of carboxylic acids is 4. The number of benzene rings is 5. The van der Waals surface area contributed by atoms with Crippen LogP contribution in [-0.4, -0.2) is 102 Å². The van der Waals surface area contributed by atoms with Gasteiger partial charge in [0.2, 0.25) is 0 Å². The molecule has 0 saturated carbocycles. The van der Waals surface area contributed by atoms with E-state index in [1.807, 2.05) is 52.9 Å². The molecule has 6 rings (SSSR count). The summed E-state index contributed by atoms with van der Waals surface area (Å²) in [5, 5.41) is 57.0. The van der Waals surface area contributed by atoms with Gasteiger partial charge in [-0.2, -0.15) is 8.42 Å². The normalized spacial score (nSPS) is 10.2. The lowest BCUT2D eigenvalue weighted by atomic mass is 10.2. The van der Waals surface area contributed by atoms with E-state index in [4.69, 9.17) is 41.9 Å². The average molecular weight is 1100 g/mol. The van der Waals surface area contributed by atoms with Gasteiger partial charge in [0.1, 0.15) is 12.2 Å². The van der Waals surface area contributed by atoms with E-state index in [9.17, 15) is 47.1 Å². The fraction of sp³-hybridized carbons (Fsp3) is 0.0455. The number of aromatic hydroxyl groups is 1. The molecule has 1 aromatic heterocycles. The van der Waals surface area contributed by atoms with Gasteiger partial charge in [0, 0.05) is 34.8 Å². The predicted molar refractivity (Wildman–Crippen MR) is 262 cm³/mol. The van der Waals surface area contributed by atoms with Gasteiger partial charge in [-0.25, -0.2) is 19.1 Å². The number of thiocarbonyl (C=S) groups is 1. The highest BCUT2D eigenvalue weighted by molar-refractivity contribution is 14.1. The number of hydrogen-bond acceptors (Lipinski definition) is 12. The van der Waals surface area contributed by atoms with Crippen LogP contribution in [0.1, 0.15) is 31.2 Å². The lowest BCUT2D eigenvalue weighted by Crippen LogP contribution is -2.29. The number of nitrogens with one attached hydrogen (secondary N) is 5. The quantitative estimate of drug-likeness (QED) is 0.0276. The number of ether oxygens (including phenoxy) is 1. The second-order valence-corrected chi connectivity index (χ2v) is 15.6. The largest absolute Gasteiger partial charge is 0.504 e. The molecule has 22 nitrogen and oxygen atoms in total. The Kier molecular flexibility index (Phi) is 21.7. The number of phenolic OH excluding ortho intramolecular Hbond substituents is 1. The summed E-state index contributed by atoms with van der Waals surface area (Å²) in [6.45, 7) is -0.678. The minimum absolute atomic E-state index is 0.0453. The third kappa shape index (κ3) is 19.9. The number of carboxylic acid groups (broad SMARTS) is 4. The number of rotatable bonds is 14. The Balaban J connectivity index is 0.000000259. The number of aromatic carboxylic acids is 2. The highest BCUT2D eigenvalue weighted by Gasteiger charge is 2.13. The number of nitrogens with zero attached hydrogens (tertiary/aromatic N) is 1. The number of anilines is 3. The minimum atomic E-state index is -4.31. The lowest BCUT2D eigenvalue weighted by molar-refractivity contribution is -0.136. The molecule has 0 fully saturated rings. The summed E-state index contributed by atoms with van der Waals surface area (Å²) in [5.74, 6) is -4.99. The summed E-state index contributed by atoms with van der Waals surface area (Å²) in [7, 11) is -4.31. The number of aromatic amines is 1. The van der Waals surface area contributed by atoms with Gasteiger partial charge in [0.15, 0.2) is 23.2 Å². The summed E-state index contributed by atoms with van der Waals surface area (Å²) in [6, 6.07) is 33.7. The minimum Gasteiger partial charge on any atom is -0.504 e. The Morgan fingerprint density at radius 2 is 1.25 bits per heavy atom. The third-order valence-corrected chi connectivity index (χ3v) is 9.46. The highest BCUT2D eigenvalue weighted by Crippen LogP contribution is 2.24. The van der Waals surface area contributed by atoms with E-state index >= 15 is 0 Å². The van der Waals surface area contributed by atoms with Gasteiger partial charge < -0.3 is 51.5 Å². The van der Waals surface area contributed by atoms with E-state index in [1.165, 1.54) is 46.5 Å². The molecule has 25 heteroatoms. The molecule has 0 bridgehead atoms. The molecule has 11 N–H and O–H groups in total. The summed E-state index contributed by atoms with van der Waals surface area (Å²) in [5.41, 5.74) is 1.91. The van der Waals surface area contributed by atoms with Crippen LogP contribution in [0, 0.1) is 0 Å². The van der Waals surface area contributed by atoms with E-state index < -0.39 is 57.9 Å². The molecule has 0 atom stereocenters. The molecular weight excluding hydrogens is 1060 g/mol. The van der Waals surface area contributed by atoms with E-state index in [-0.39, 0.29) is 39.9 Å². The summed E-state index contributed by atoms with van der Waals surface area (Å²) >= 11 is 7.05. The van der Waals surface area contributed by atoms with Crippen LogP contribution >= 0.6 is 34.8 Å². The molecule has 0 saturated heterocycles. The van der Waals surface area contributed by atoms with E-state index in [1.54, 1.807) is 42.5 Å². The smallest absolute Gasteiger partial charge is 0.353 e. The van der Waals surface area contributed by atoms with Gasteiger partial charge in [-0.3, -0.25) is 28.8 Å². The molecule has 0 aliphatic heterocycles. The predicted octanol–water partition coefficient (Wildman–Crippen LogP) is 5.55. The first-order chi connectivity index (χ1) is 32.7. The molecule has 0 radical (unpaired) electrons. The van der Waals surface area contributed by atoms with Crippen LogP contribution in [0.25, 0.3) is 5.69 Å². The molecule has 2 amide bonds. The lowest BCUT2D eigenvalue weighted by Gasteiger charge is -2.11. The number of para-hydroxylation sites is 3. The maximum atomic E-state index is 11.7. The van der Waals surface area contributed by atoms with Gasteiger partial charge in [0.25, 0.3) is 27.5 Å². The monoisotopic (exact) mass is 1100 g/mol. The number of halogens is 1. The van der Waals surface area contributed by atoms with Crippen molar-refractivity contribution < 1.29 is 72.0 Å². The Labute approximate surface area is 409 Å². The fourth-order valence-corrected chi connectivity index (χ4v) is 5.94. The molecule has 0 aliphatic carbocycles. The fourth-order valence-electron chi connectivity index (χ4n) is 4.91. The number of H-pyrrole nitrogens is 1. The van der Waals surface area contributed by atoms with Crippen molar-refractivity contribution in [2.45, 2.75) is 4.90 Å². The maximum Gasteiger partial charge on any atom is 0.353 e. The van der Waals surface area contributed by atoms with Crippen molar-refractivity contribution in [1.82, 2.24) is 15.1 Å². The molecule has 0 spiro atoms. The van der Waals surface area contributed by atoms with E-state index in [2.05, 4.69) is 26.4 Å². The topological polar surface area (TPSA) is 353 Å². The van der Waals surface area contributed by atoms with E-state index in [0.717, 1.165) is 34.6 Å². The molecule has 360 valence electrons. The molecular formula is C44H39IN6O16S2. The van der Waals surface area contributed by atoms with Crippen LogP contribution in [0.15, 0.2) is 153 Å². The van der Waals surface area contributed by atoms with Crippen molar-refractivity contribution in [3.05, 3.63) is 171 Å². The Morgan fingerprint density at radius 3 is 1.72 bits per heavy atom. The second kappa shape index (κ2) is 27.3. The number of amides is 2. The second-order valence-electron chi connectivity index (χ2n) is 13.0. The Bertz CT molecular complexity index is 2950. The number of hydrogen-bond donors (Lipinski definition) is 11. The standard InChI is InChI=1S/C16H15N3O3S.C15H13NO5.C10H8N2O6S.C3H3IO2/c20-14(21)10-17-15(22)11-6-8-13(9-7-11)19-16(23)18-12-4-2-1-3-5-12;17-12-3-1-2-4-13(12)21-9-14(18)16-11-7-5-10(6-8-11)15(19)20;13-9-5-8(10(14)15)11-12(9)6-1-3-7(4-2-6)19(16,17)18;4-2-1-3(5)6/h1-9H,10H2,(H,17,22)(H,20,21)(H2,18,19,23);1-8,17H,9H2,(H,16,18)(H,19,20);1-5,11H,(H,14,15)(H,16,17,18);1-2H,(H,5,6)/b;;;2-1-. The van der Waals surface area contributed by atoms with E-state index in [0.29, 0.717) is 22.1 Å². The van der Waals surface area contributed by atoms with Crippen LogP contribution in [0.4, 0.5) is 17.1 Å². The first kappa shape index (κ1) is 54.9. The molecule has 69 heavy (non-hydrogen) atoms. The summed E-state index contributed by atoms with van der Waals surface area (Å²) in [4.78, 5) is 75.9. The van der Waals surface area contributed by atoms with Crippen LogP contribution in [-0.2, 0) is 24.5 Å². The molecule has 5 aromatic carbocycles. The molecule has 6 aromatic rings. The number of carbonyl (C=O) groups excluding carboxylic acids is 2. The van der Waals surface area contributed by atoms with Gasteiger partial charge in [-0.05, 0) is 113 Å². The number of aromatic nitrogens is 2. The van der Waals surface area contributed by atoms with Crippen molar-refractivity contribution in [2.75, 3.05) is 29.1 Å². The first-order valence-electron chi connectivity index (χ1n) is 19.1. The Morgan fingerprint density at radius 1 is 0.710 bits per heavy atom. The van der Waals surface area contributed by atoms with Crippen molar-refractivity contribution in [2.24, 2.45) is 0 Å². The summed E-state index contributed by atoms with van der Waals surface area (Å²) in [6.07, 6.45) is 1.07. The van der Waals surface area contributed by atoms with Gasteiger partial charge in [-0.1, -0.05) is 52.9 Å². The van der Waals surface area contributed by atoms with Crippen molar-refractivity contribution in [3.63, 3.8) is 0 Å². The van der Waals surface area contributed by atoms with Crippen molar-refractivity contribution >= 4 is 103 Å². The van der Waals surface area contributed by atoms with Gasteiger partial charge in [-0.15, -0.1) is 0 Å².